The normalized spacial score (nSPS) is 23.4. The molecule has 8 nitrogen and oxygen atoms in total. The monoisotopic (exact) mass is 580 g/mol. The number of amides is 1. The van der Waals surface area contributed by atoms with Crippen molar-refractivity contribution in [3.05, 3.63) is 35.7 Å². The van der Waals surface area contributed by atoms with E-state index < -0.39 is 31.0 Å². The molecule has 0 spiro atoms. The minimum Gasteiger partial charge on any atom is -0.360 e. The number of hydrogen-bond acceptors (Lipinski definition) is 6. The van der Waals surface area contributed by atoms with Gasteiger partial charge in [0.05, 0.1) is 16.8 Å². The van der Waals surface area contributed by atoms with Gasteiger partial charge in [-0.05, 0) is 52.1 Å². The van der Waals surface area contributed by atoms with Gasteiger partial charge in [-0.15, -0.1) is 0 Å². The first-order valence-corrected chi connectivity index (χ1v) is 15.8. The van der Waals surface area contributed by atoms with Gasteiger partial charge in [-0.2, -0.15) is 13.2 Å². The average Bonchev–Trinajstić information content (AvgIpc) is 3.51. The number of hydrogen-bond donors (Lipinski definition) is 2. The molecule has 216 valence electrons. The minimum absolute atomic E-state index is 0.0669. The van der Waals surface area contributed by atoms with Gasteiger partial charge in [-0.25, -0.2) is 14.4 Å². The van der Waals surface area contributed by atoms with Gasteiger partial charge < -0.3 is 24.7 Å². The zero-order valence-electron chi connectivity index (χ0n) is 22.8. The Labute approximate surface area is 229 Å². The Morgan fingerprint density at radius 1 is 1.10 bits per heavy atom. The number of fused-ring (bicyclic) bond motifs is 7. The van der Waals surface area contributed by atoms with Crippen molar-refractivity contribution in [1.29, 1.82) is 0 Å². The first-order valence-electron chi connectivity index (χ1n) is 13.2. The van der Waals surface area contributed by atoms with E-state index in [0.717, 1.165) is 19.0 Å². The summed E-state index contributed by atoms with van der Waals surface area (Å²) in [6, 6.07) is 3.04. The second kappa shape index (κ2) is 10.4. The van der Waals surface area contributed by atoms with Crippen molar-refractivity contribution in [2.24, 2.45) is 0 Å². The van der Waals surface area contributed by atoms with E-state index in [4.69, 9.17) is 0 Å². The van der Waals surface area contributed by atoms with Gasteiger partial charge in [0.1, 0.15) is 18.9 Å². The molecule has 0 saturated heterocycles. The summed E-state index contributed by atoms with van der Waals surface area (Å²) in [6.45, 7) is 3.36. The molecule has 2 aromatic heterocycles. The van der Waals surface area contributed by atoms with Crippen LogP contribution < -0.4 is 10.6 Å². The van der Waals surface area contributed by atoms with Crippen LogP contribution in [0, 0.1) is 0 Å². The van der Waals surface area contributed by atoms with E-state index in [1.54, 1.807) is 13.1 Å². The molecule has 1 aliphatic carbocycles. The van der Waals surface area contributed by atoms with Crippen LogP contribution in [0.3, 0.4) is 0 Å². The molecular weight excluding hydrogens is 547 g/mol. The summed E-state index contributed by atoms with van der Waals surface area (Å²) in [5.41, 5.74) is -0.672. The number of carbonyl (C=O) groups is 1. The molecule has 8 bridgehead atoms. The molecule has 1 amide bonds. The van der Waals surface area contributed by atoms with E-state index in [9.17, 15) is 26.9 Å². The highest BCUT2D eigenvalue weighted by atomic mass is 31.2. The Bertz CT molecular complexity index is 1490. The Hall–Kier alpha value is -2.98. The van der Waals surface area contributed by atoms with Crippen molar-refractivity contribution in [1.82, 2.24) is 24.8 Å². The molecule has 1 saturated carbocycles. The second-order valence-corrected chi connectivity index (χ2v) is 14.4. The highest BCUT2D eigenvalue weighted by Gasteiger charge is 2.37. The maximum absolute atomic E-state index is 15.0. The summed E-state index contributed by atoms with van der Waals surface area (Å²) in [6.07, 6.45) is -1.36. The number of aromatic amines is 1. The zero-order valence-corrected chi connectivity index (χ0v) is 23.7. The van der Waals surface area contributed by atoms with Crippen LogP contribution in [-0.2, 0) is 10.7 Å². The summed E-state index contributed by atoms with van der Waals surface area (Å²) >= 11 is 0. The Morgan fingerprint density at radius 2 is 1.85 bits per heavy atom. The lowest BCUT2D eigenvalue weighted by Crippen LogP contribution is -2.38. The summed E-state index contributed by atoms with van der Waals surface area (Å²) in [4.78, 5) is 28.1. The Morgan fingerprint density at radius 3 is 2.55 bits per heavy atom. The van der Waals surface area contributed by atoms with E-state index in [-0.39, 0.29) is 59.7 Å². The van der Waals surface area contributed by atoms with Crippen LogP contribution in [0.5, 0.6) is 0 Å². The first-order chi connectivity index (χ1) is 18.7. The van der Waals surface area contributed by atoms with Crippen LogP contribution in [0.2, 0.25) is 0 Å². The van der Waals surface area contributed by atoms with Crippen molar-refractivity contribution < 1.29 is 26.9 Å². The van der Waals surface area contributed by atoms with E-state index >= 15 is 0 Å². The molecule has 2 unspecified atom stereocenters. The molecule has 1 fully saturated rings. The van der Waals surface area contributed by atoms with Crippen LogP contribution >= 0.6 is 7.14 Å². The Kier molecular flexibility index (Phi) is 7.46. The molecule has 4 heterocycles. The van der Waals surface area contributed by atoms with Crippen molar-refractivity contribution >= 4 is 35.2 Å². The van der Waals surface area contributed by atoms with E-state index in [1.807, 2.05) is 11.9 Å². The fourth-order valence-electron chi connectivity index (χ4n) is 5.84. The third-order valence-electron chi connectivity index (χ3n) is 7.92. The number of anilines is 1. The van der Waals surface area contributed by atoms with Gasteiger partial charge in [0.25, 0.3) is 5.91 Å². The number of benzene rings is 1. The summed E-state index contributed by atoms with van der Waals surface area (Å²) in [5.74, 6) is -0.365. The second-order valence-electron chi connectivity index (χ2n) is 11.3. The third-order valence-corrected chi connectivity index (χ3v) is 9.46. The molecule has 0 radical (unpaired) electrons. The predicted octanol–water partition coefficient (Wildman–Crippen LogP) is 4.97. The smallest absolute Gasteiger partial charge is 0.360 e. The lowest BCUT2D eigenvalue weighted by Gasteiger charge is -2.27. The van der Waals surface area contributed by atoms with Crippen LogP contribution in [0.4, 0.5) is 23.5 Å². The zero-order chi connectivity index (χ0) is 29.0. The van der Waals surface area contributed by atoms with E-state index in [2.05, 4.69) is 20.3 Å². The topological polar surface area (TPSA) is 94.2 Å². The molecule has 3 atom stereocenters. The van der Waals surface area contributed by atoms with Crippen LogP contribution in [-0.4, -0.2) is 89.4 Å². The van der Waals surface area contributed by atoms with Crippen molar-refractivity contribution in [3.63, 3.8) is 0 Å². The van der Waals surface area contributed by atoms with Crippen molar-refractivity contribution in [2.45, 2.75) is 50.1 Å². The minimum atomic E-state index is -4.72. The number of rotatable bonds is 1. The SMILES string of the molecule is CN1CCC(F)CN(C)C2CC[C@@H](C2)Nc2ncc(C(F)(F)F)c(n2)-c2c[nH]c3c(P(C)(C)=O)c(ccc23)C1=O. The fourth-order valence-corrected chi connectivity index (χ4v) is 7.32. The van der Waals surface area contributed by atoms with Crippen LogP contribution in [0.25, 0.3) is 22.2 Å². The molecule has 1 aromatic carbocycles. The number of H-pyrrole nitrogens is 1. The summed E-state index contributed by atoms with van der Waals surface area (Å²) in [5, 5.41) is 3.78. The number of alkyl halides is 4. The van der Waals surface area contributed by atoms with Crippen LogP contribution in [0.15, 0.2) is 24.5 Å². The van der Waals surface area contributed by atoms with Gasteiger partial charge in [-0.3, -0.25) is 4.79 Å². The number of aromatic nitrogens is 3. The fraction of sp³-hybridized carbons (Fsp3) is 0.519. The Balaban J connectivity index is 1.70. The molecule has 2 N–H and O–H groups in total. The van der Waals surface area contributed by atoms with Gasteiger partial charge in [0.15, 0.2) is 0 Å². The summed E-state index contributed by atoms with van der Waals surface area (Å²) < 4.78 is 70.8. The lowest BCUT2D eigenvalue weighted by molar-refractivity contribution is -0.137. The largest absolute Gasteiger partial charge is 0.419 e. The van der Waals surface area contributed by atoms with Gasteiger partial charge >= 0.3 is 6.18 Å². The molecule has 2 aliphatic heterocycles. The highest BCUT2D eigenvalue weighted by Crippen LogP contribution is 2.43. The van der Waals surface area contributed by atoms with Crippen molar-refractivity contribution in [3.8, 4) is 11.3 Å². The molecule has 13 heteroatoms. The number of nitrogens with zero attached hydrogens (tertiary/aromatic N) is 4. The van der Waals surface area contributed by atoms with Gasteiger partial charge in [0, 0.05) is 60.9 Å². The molecule has 3 aromatic rings. The molecule has 40 heavy (non-hydrogen) atoms. The number of carbonyl (C=O) groups excluding carboxylic acids is 1. The van der Waals surface area contributed by atoms with Crippen LogP contribution in [0.1, 0.15) is 41.6 Å². The summed E-state index contributed by atoms with van der Waals surface area (Å²) in [7, 11) is 0.302. The predicted molar refractivity (Wildman–Crippen MR) is 148 cm³/mol. The molecule has 3 aliphatic rings. The van der Waals surface area contributed by atoms with E-state index in [1.165, 1.54) is 30.5 Å². The maximum Gasteiger partial charge on any atom is 0.419 e. The van der Waals surface area contributed by atoms with Crippen molar-refractivity contribution in [2.75, 3.05) is 45.8 Å². The maximum atomic E-state index is 15.0. The first kappa shape index (κ1) is 28.5. The quantitative estimate of drug-likeness (QED) is 0.312. The van der Waals surface area contributed by atoms with E-state index in [0.29, 0.717) is 17.3 Å². The number of halogens is 4. The number of nitrogens with one attached hydrogen (secondary N) is 2. The lowest BCUT2D eigenvalue weighted by atomic mass is 10.0. The standard InChI is InChI=1S/C27H33F4N6O2P/c1-36-10-9-15(28)14-37(2)17-6-5-16(11-17)34-26-33-13-21(27(29,30)31)22(35-26)20-12-32-23-18(20)7-8-19(25(36)38)24(23)40(3,4)39/h7-8,12-13,15-17,32H,5-6,9-11,14H2,1-4H3,(H,33,34,35)/t15?,16-,17?/m0/s1. The highest BCUT2D eigenvalue weighted by molar-refractivity contribution is 7.70. The molecule has 6 rings (SSSR count). The third kappa shape index (κ3) is 5.48. The van der Waals surface area contributed by atoms with Gasteiger partial charge in [0.2, 0.25) is 5.95 Å². The molecular formula is C27H33F4N6O2P. The van der Waals surface area contributed by atoms with Gasteiger partial charge in [-0.1, -0.05) is 6.07 Å². The average molecular weight is 581 g/mol.